The molecule has 0 aromatic rings. The van der Waals surface area contributed by atoms with Crippen LogP contribution in [0.4, 0.5) is 0 Å². The maximum absolute atomic E-state index is 5.88. The second-order valence-corrected chi connectivity index (χ2v) is 3.50. The Balaban J connectivity index is 3.76. The van der Waals surface area contributed by atoms with Crippen LogP contribution in [0.25, 0.3) is 0 Å². The van der Waals surface area contributed by atoms with Gasteiger partial charge in [-0.05, 0) is 0 Å². The van der Waals surface area contributed by atoms with Gasteiger partial charge >= 0.3 is 0 Å². The van der Waals surface area contributed by atoms with Gasteiger partial charge < -0.3 is 19.9 Å². The third kappa shape index (κ3) is 8.77. The van der Waals surface area contributed by atoms with Crippen molar-refractivity contribution in [1.29, 1.82) is 0 Å². The molecule has 0 aliphatic carbocycles. The Bertz CT molecular complexity index is 128. The smallest absolute Gasteiger partial charge is 0.0626 e. The zero-order chi connectivity index (χ0) is 11.5. The van der Waals surface area contributed by atoms with Gasteiger partial charge in [0.1, 0.15) is 0 Å². The van der Waals surface area contributed by atoms with Gasteiger partial charge in [-0.15, -0.1) is 0 Å². The normalized spacial score (nSPS) is 13.4. The van der Waals surface area contributed by atoms with Crippen LogP contribution in [0.2, 0.25) is 0 Å². The van der Waals surface area contributed by atoms with Gasteiger partial charge in [0, 0.05) is 47.0 Å². The third-order valence-electron chi connectivity index (χ3n) is 2.10. The van der Waals surface area contributed by atoms with E-state index in [1.807, 2.05) is 0 Å². The molecule has 0 bridgehead atoms. The van der Waals surface area contributed by atoms with Crippen LogP contribution >= 0.6 is 0 Å². The van der Waals surface area contributed by atoms with Gasteiger partial charge in [-0.1, -0.05) is 0 Å². The van der Waals surface area contributed by atoms with Crippen LogP contribution in [-0.2, 0) is 14.2 Å². The van der Waals surface area contributed by atoms with Crippen molar-refractivity contribution < 1.29 is 14.2 Å². The molecule has 0 heterocycles. The van der Waals surface area contributed by atoms with Crippen molar-refractivity contribution in [2.24, 2.45) is 5.73 Å². The Morgan fingerprint density at radius 3 is 1.93 bits per heavy atom. The molecule has 92 valence electrons. The summed E-state index contributed by atoms with van der Waals surface area (Å²) >= 11 is 0. The molecule has 1 unspecified atom stereocenters. The first kappa shape index (κ1) is 14.8. The summed E-state index contributed by atoms with van der Waals surface area (Å²) < 4.78 is 15.1. The molecule has 1 atom stereocenters. The van der Waals surface area contributed by atoms with E-state index in [9.17, 15) is 0 Å². The topological polar surface area (TPSA) is 57.0 Å². The Kier molecular flexibility index (Phi) is 10.2. The maximum Gasteiger partial charge on any atom is 0.0626 e. The summed E-state index contributed by atoms with van der Waals surface area (Å²) in [4.78, 5) is 2.22. The average Bonchev–Trinajstić information content (AvgIpc) is 2.22. The van der Waals surface area contributed by atoms with E-state index >= 15 is 0 Å². The second-order valence-electron chi connectivity index (χ2n) is 3.50. The molecule has 0 saturated heterocycles. The van der Waals surface area contributed by atoms with Crippen LogP contribution in [0, 0.1) is 0 Å². The second kappa shape index (κ2) is 10.3. The molecule has 0 radical (unpaired) electrons. The standard InChI is InChI=1S/C10H24N2O3/c1-13-6-4-12(5-7-14-2)8-10(11)9-15-3/h10H,4-9,11H2,1-3H3. The summed E-state index contributed by atoms with van der Waals surface area (Å²) in [6.07, 6.45) is 0. The number of nitrogens with zero attached hydrogens (tertiary/aromatic N) is 1. The predicted octanol–water partition coefficient (Wildman–Crippen LogP) is -0.445. The fourth-order valence-corrected chi connectivity index (χ4v) is 1.33. The van der Waals surface area contributed by atoms with Gasteiger partial charge in [0.05, 0.1) is 19.8 Å². The molecule has 0 saturated carbocycles. The minimum Gasteiger partial charge on any atom is -0.383 e. The predicted molar refractivity (Wildman–Crippen MR) is 60.0 cm³/mol. The summed E-state index contributed by atoms with van der Waals surface area (Å²) in [6, 6.07) is 0.0451. The van der Waals surface area contributed by atoms with E-state index in [-0.39, 0.29) is 6.04 Å². The molecular formula is C10H24N2O3. The molecule has 5 heteroatoms. The van der Waals surface area contributed by atoms with Crippen LogP contribution in [0.3, 0.4) is 0 Å². The molecule has 0 rings (SSSR count). The van der Waals surface area contributed by atoms with Gasteiger partial charge in [-0.25, -0.2) is 0 Å². The Morgan fingerprint density at radius 1 is 1.00 bits per heavy atom. The van der Waals surface area contributed by atoms with E-state index in [1.54, 1.807) is 21.3 Å². The molecule has 0 amide bonds. The number of hydrogen-bond acceptors (Lipinski definition) is 5. The first-order chi connectivity index (χ1) is 7.24. The van der Waals surface area contributed by atoms with Crippen LogP contribution in [-0.4, -0.2) is 71.7 Å². The van der Waals surface area contributed by atoms with Crippen LogP contribution in [0.5, 0.6) is 0 Å². The number of rotatable bonds is 10. The fourth-order valence-electron chi connectivity index (χ4n) is 1.33. The molecule has 0 fully saturated rings. The number of methoxy groups -OCH3 is 3. The summed E-state index contributed by atoms with van der Waals surface area (Å²) in [6.45, 7) is 4.55. The van der Waals surface area contributed by atoms with Crippen molar-refractivity contribution in [2.75, 3.05) is 60.8 Å². The largest absolute Gasteiger partial charge is 0.383 e. The van der Waals surface area contributed by atoms with E-state index in [4.69, 9.17) is 19.9 Å². The maximum atomic E-state index is 5.88. The minimum absolute atomic E-state index is 0.0451. The SMILES string of the molecule is COCCN(CCOC)CC(N)COC. The summed E-state index contributed by atoms with van der Waals surface area (Å²) in [7, 11) is 5.06. The van der Waals surface area contributed by atoms with Crippen molar-refractivity contribution in [1.82, 2.24) is 4.90 Å². The van der Waals surface area contributed by atoms with E-state index in [2.05, 4.69) is 4.90 Å². The highest BCUT2D eigenvalue weighted by Gasteiger charge is 2.09. The molecule has 0 aromatic carbocycles. The first-order valence-corrected chi connectivity index (χ1v) is 5.19. The highest BCUT2D eigenvalue weighted by atomic mass is 16.5. The molecule has 0 spiro atoms. The van der Waals surface area contributed by atoms with Crippen molar-refractivity contribution in [2.45, 2.75) is 6.04 Å². The quantitative estimate of drug-likeness (QED) is 0.540. The van der Waals surface area contributed by atoms with E-state index in [0.717, 1.165) is 19.6 Å². The van der Waals surface area contributed by atoms with Crippen molar-refractivity contribution in [3.8, 4) is 0 Å². The van der Waals surface area contributed by atoms with E-state index < -0.39 is 0 Å². The van der Waals surface area contributed by atoms with Gasteiger partial charge in [0.25, 0.3) is 0 Å². The molecule has 2 N–H and O–H groups in total. The number of hydrogen-bond donors (Lipinski definition) is 1. The molecular weight excluding hydrogens is 196 g/mol. The summed E-state index contributed by atoms with van der Waals surface area (Å²) in [5, 5.41) is 0. The van der Waals surface area contributed by atoms with Gasteiger partial charge in [0.15, 0.2) is 0 Å². The highest BCUT2D eigenvalue weighted by Crippen LogP contribution is 1.92. The Labute approximate surface area is 92.5 Å². The molecule has 0 aliphatic rings. The monoisotopic (exact) mass is 220 g/mol. The van der Waals surface area contributed by atoms with Crippen LogP contribution < -0.4 is 5.73 Å². The van der Waals surface area contributed by atoms with Crippen LogP contribution in [0.15, 0.2) is 0 Å². The lowest BCUT2D eigenvalue weighted by Gasteiger charge is -2.24. The average molecular weight is 220 g/mol. The Morgan fingerprint density at radius 2 is 1.53 bits per heavy atom. The van der Waals surface area contributed by atoms with Crippen molar-refractivity contribution >= 4 is 0 Å². The van der Waals surface area contributed by atoms with Gasteiger partial charge in [-0.3, -0.25) is 4.90 Å². The lowest BCUT2D eigenvalue weighted by atomic mass is 10.3. The number of ether oxygens (including phenoxy) is 3. The highest BCUT2D eigenvalue weighted by molar-refractivity contribution is 4.67. The van der Waals surface area contributed by atoms with Gasteiger partial charge in [-0.2, -0.15) is 0 Å². The van der Waals surface area contributed by atoms with E-state index in [1.165, 1.54) is 0 Å². The lowest BCUT2D eigenvalue weighted by Crippen LogP contribution is -2.42. The fraction of sp³-hybridized carbons (Fsp3) is 1.00. The zero-order valence-corrected chi connectivity index (χ0v) is 10.1. The molecule has 0 aromatic heterocycles. The Hall–Kier alpha value is -0.200. The van der Waals surface area contributed by atoms with Crippen molar-refractivity contribution in [3.05, 3.63) is 0 Å². The zero-order valence-electron chi connectivity index (χ0n) is 10.1. The first-order valence-electron chi connectivity index (χ1n) is 5.19. The minimum atomic E-state index is 0.0451. The van der Waals surface area contributed by atoms with E-state index in [0.29, 0.717) is 19.8 Å². The van der Waals surface area contributed by atoms with Crippen molar-refractivity contribution in [3.63, 3.8) is 0 Å². The summed E-state index contributed by atoms with van der Waals surface area (Å²) in [5.41, 5.74) is 5.88. The molecule has 0 aliphatic heterocycles. The van der Waals surface area contributed by atoms with Gasteiger partial charge in [0.2, 0.25) is 0 Å². The van der Waals surface area contributed by atoms with Crippen LogP contribution in [0.1, 0.15) is 0 Å². The molecule has 5 nitrogen and oxygen atoms in total. The third-order valence-corrected chi connectivity index (χ3v) is 2.10. The molecule has 15 heavy (non-hydrogen) atoms. The number of nitrogens with two attached hydrogens (primary N) is 1. The summed E-state index contributed by atoms with van der Waals surface area (Å²) in [5.74, 6) is 0. The lowest BCUT2D eigenvalue weighted by molar-refractivity contribution is 0.0976.